The molecule has 1 N–H and O–H groups in total. The Balaban J connectivity index is 1.70. The minimum absolute atomic E-state index is 0.209. The summed E-state index contributed by atoms with van der Waals surface area (Å²) in [4.78, 5) is 26.0. The summed E-state index contributed by atoms with van der Waals surface area (Å²) in [5, 5.41) is 8.73. The highest BCUT2D eigenvalue weighted by Gasteiger charge is 2.23. The van der Waals surface area contributed by atoms with E-state index in [1.54, 1.807) is 45.0 Å². The zero-order chi connectivity index (χ0) is 22.1. The first-order valence-electron chi connectivity index (χ1n) is 9.89. The van der Waals surface area contributed by atoms with Gasteiger partial charge in [0.25, 0.3) is 5.56 Å². The number of para-hydroxylation sites is 1. The van der Waals surface area contributed by atoms with Gasteiger partial charge in [-0.2, -0.15) is 5.10 Å². The quantitative estimate of drug-likeness (QED) is 0.518. The minimum Gasteiger partial charge on any atom is -0.497 e. The van der Waals surface area contributed by atoms with E-state index < -0.39 is 6.04 Å². The third kappa shape index (κ3) is 3.50. The third-order valence-corrected chi connectivity index (χ3v) is 5.52. The lowest BCUT2D eigenvalue weighted by Crippen LogP contribution is -2.32. The number of benzene rings is 2. The first-order valence-corrected chi connectivity index (χ1v) is 9.89. The fourth-order valence-corrected chi connectivity index (χ4v) is 3.84. The first-order chi connectivity index (χ1) is 15.0. The van der Waals surface area contributed by atoms with Crippen molar-refractivity contribution in [3.8, 4) is 11.5 Å². The number of hydrogen-bond acceptors (Lipinski definition) is 5. The Bertz CT molecular complexity index is 1340. The minimum atomic E-state index is -0.609. The molecule has 0 unspecified atom stereocenters. The summed E-state index contributed by atoms with van der Waals surface area (Å²) >= 11 is 0. The Hall–Kier alpha value is -3.81. The second kappa shape index (κ2) is 8.14. The van der Waals surface area contributed by atoms with Gasteiger partial charge in [0, 0.05) is 36.0 Å². The predicted molar refractivity (Wildman–Crippen MR) is 119 cm³/mol. The maximum absolute atomic E-state index is 13.1. The molecule has 0 radical (unpaired) electrons. The number of carbonyl (C=O) groups is 1. The van der Waals surface area contributed by atoms with E-state index in [0.717, 1.165) is 21.9 Å². The Morgan fingerprint density at radius 1 is 1.13 bits per heavy atom. The van der Waals surface area contributed by atoms with Gasteiger partial charge in [0.1, 0.15) is 23.1 Å². The van der Waals surface area contributed by atoms with Crippen LogP contribution in [0.25, 0.3) is 21.8 Å². The summed E-state index contributed by atoms with van der Waals surface area (Å²) in [6.07, 6.45) is 1.67. The number of rotatable bonds is 6. The van der Waals surface area contributed by atoms with Gasteiger partial charge in [-0.25, -0.2) is 4.68 Å². The lowest BCUT2D eigenvalue weighted by molar-refractivity contribution is -0.123. The van der Waals surface area contributed by atoms with E-state index in [9.17, 15) is 9.59 Å². The van der Waals surface area contributed by atoms with E-state index in [1.165, 1.54) is 4.68 Å². The van der Waals surface area contributed by atoms with E-state index in [0.29, 0.717) is 17.0 Å². The average molecular weight is 420 g/mol. The van der Waals surface area contributed by atoms with Crippen LogP contribution < -0.4 is 20.3 Å². The van der Waals surface area contributed by atoms with Crippen LogP contribution in [-0.4, -0.2) is 34.5 Å². The van der Waals surface area contributed by atoms with Crippen molar-refractivity contribution >= 4 is 27.7 Å². The molecule has 1 amide bonds. The van der Waals surface area contributed by atoms with Crippen molar-refractivity contribution in [2.45, 2.75) is 19.5 Å². The maximum atomic E-state index is 13.1. The predicted octanol–water partition coefficient (Wildman–Crippen LogP) is 2.78. The number of nitrogens with one attached hydrogen (secondary N) is 1. The third-order valence-electron chi connectivity index (χ3n) is 5.52. The summed E-state index contributed by atoms with van der Waals surface area (Å²) in [5.41, 5.74) is 1.85. The van der Waals surface area contributed by atoms with Gasteiger partial charge >= 0.3 is 0 Å². The maximum Gasteiger partial charge on any atom is 0.291 e. The lowest BCUT2D eigenvalue weighted by atomic mass is 10.2. The molecule has 0 fully saturated rings. The number of carbonyl (C=O) groups excluding carboxylic acids is 1. The highest BCUT2D eigenvalue weighted by Crippen LogP contribution is 2.30. The number of fused-ring (bicyclic) bond motifs is 3. The molecule has 0 saturated heterocycles. The SMILES string of the molecule is COc1ccc(CNC(=O)[C@H](C)n2c3ccccc3c3cnn(C)c(=O)c32)c(OC)c1. The van der Waals surface area contributed by atoms with Gasteiger partial charge < -0.3 is 19.4 Å². The first kappa shape index (κ1) is 20.5. The molecule has 8 nitrogen and oxygen atoms in total. The van der Waals surface area contributed by atoms with Gasteiger partial charge in [0.05, 0.1) is 25.9 Å². The van der Waals surface area contributed by atoms with Crippen LogP contribution in [0.3, 0.4) is 0 Å². The molecule has 0 spiro atoms. The van der Waals surface area contributed by atoms with Crippen molar-refractivity contribution < 1.29 is 14.3 Å². The standard InChI is InChI=1S/C23H24N4O4/c1-14(22(28)24-12-15-9-10-16(30-3)11-20(15)31-4)27-19-8-6-5-7-17(19)18-13-25-26(2)23(29)21(18)27/h5-11,13-14H,12H2,1-4H3,(H,24,28)/t14-/m0/s1. The van der Waals surface area contributed by atoms with E-state index in [4.69, 9.17) is 9.47 Å². The largest absolute Gasteiger partial charge is 0.497 e. The van der Waals surface area contributed by atoms with Crippen LogP contribution in [0, 0.1) is 0 Å². The van der Waals surface area contributed by atoms with Crippen molar-refractivity contribution in [2.24, 2.45) is 7.05 Å². The average Bonchev–Trinajstić information content (AvgIpc) is 3.14. The summed E-state index contributed by atoms with van der Waals surface area (Å²) in [7, 11) is 4.76. The summed E-state index contributed by atoms with van der Waals surface area (Å²) in [6.45, 7) is 2.07. The highest BCUT2D eigenvalue weighted by atomic mass is 16.5. The molecule has 2 heterocycles. The Morgan fingerprint density at radius 2 is 1.90 bits per heavy atom. The summed E-state index contributed by atoms with van der Waals surface area (Å²) in [5.74, 6) is 1.10. The zero-order valence-corrected chi connectivity index (χ0v) is 17.9. The van der Waals surface area contributed by atoms with Crippen molar-refractivity contribution in [1.29, 1.82) is 0 Å². The van der Waals surface area contributed by atoms with Crippen LogP contribution in [0.5, 0.6) is 11.5 Å². The molecule has 8 heteroatoms. The Morgan fingerprint density at radius 3 is 2.65 bits per heavy atom. The molecule has 0 bridgehead atoms. The van der Waals surface area contributed by atoms with Crippen molar-refractivity contribution in [2.75, 3.05) is 14.2 Å². The van der Waals surface area contributed by atoms with E-state index in [1.807, 2.05) is 36.4 Å². The fraction of sp³-hybridized carbons (Fsp3) is 0.261. The van der Waals surface area contributed by atoms with Crippen molar-refractivity contribution in [3.05, 3.63) is 64.6 Å². The molecule has 0 aliphatic heterocycles. The van der Waals surface area contributed by atoms with E-state index in [2.05, 4.69) is 10.4 Å². The second-order valence-corrected chi connectivity index (χ2v) is 7.29. The van der Waals surface area contributed by atoms with Crippen LogP contribution in [0.2, 0.25) is 0 Å². The normalized spacial score (nSPS) is 12.1. The summed E-state index contributed by atoms with van der Waals surface area (Å²) < 4.78 is 13.7. The molecule has 4 rings (SSSR count). The van der Waals surface area contributed by atoms with Crippen LogP contribution in [0.15, 0.2) is 53.5 Å². The molecule has 2 aromatic carbocycles. The second-order valence-electron chi connectivity index (χ2n) is 7.29. The molecule has 0 saturated carbocycles. The number of aryl methyl sites for hydroxylation is 1. The van der Waals surface area contributed by atoms with Crippen LogP contribution in [0.4, 0.5) is 0 Å². The monoisotopic (exact) mass is 420 g/mol. The molecule has 31 heavy (non-hydrogen) atoms. The zero-order valence-electron chi connectivity index (χ0n) is 17.9. The molecule has 4 aromatic rings. The molecular formula is C23H24N4O4. The van der Waals surface area contributed by atoms with Gasteiger partial charge in [-0.3, -0.25) is 9.59 Å². The Labute approximate surface area is 179 Å². The lowest BCUT2D eigenvalue weighted by Gasteiger charge is -2.17. The van der Waals surface area contributed by atoms with Gasteiger partial charge in [0.15, 0.2) is 0 Å². The molecule has 1 atom stereocenters. The van der Waals surface area contributed by atoms with Gasteiger partial charge in [-0.05, 0) is 25.1 Å². The molecule has 0 aliphatic rings. The number of hydrogen-bond donors (Lipinski definition) is 1. The van der Waals surface area contributed by atoms with Crippen LogP contribution in [0.1, 0.15) is 18.5 Å². The molecular weight excluding hydrogens is 396 g/mol. The van der Waals surface area contributed by atoms with E-state index in [-0.39, 0.29) is 18.0 Å². The highest BCUT2D eigenvalue weighted by molar-refractivity contribution is 6.08. The van der Waals surface area contributed by atoms with Crippen molar-refractivity contribution in [3.63, 3.8) is 0 Å². The molecule has 0 aliphatic carbocycles. The number of ether oxygens (including phenoxy) is 2. The number of aromatic nitrogens is 3. The van der Waals surface area contributed by atoms with Crippen LogP contribution >= 0.6 is 0 Å². The van der Waals surface area contributed by atoms with Gasteiger partial charge in [-0.15, -0.1) is 0 Å². The number of nitrogens with zero attached hydrogens (tertiary/aromatic N) is 3. The fourth-order valence-electron chi connectivity index (χ4n) is 3.84. The van der Waals surface area contributed by atoms with Crippen molar-refractivity contribution in [1.82, 2.24) is 19.7 Å². The van der Waals surface area contributed by atoms with Gasteiger partial charge in [0.2, 0.25) is 5.91 Å². The number of amides is 1. The molecule has 2 aromatic heterocycles. The Kier molecular flexibility index (Phi) is 5.37. The van der Waals surface area contributed by atoms with E-state index >= 15 is 0 Å². The topological polar surface area (TPSA) is 87.4 Å². The van der Waals surface area contributed by atoms with Crippen LogP contribution in [-0.2, 0) is 18.4 Å². The number of methoxy groups -OCH3 is 2. The smallest absolute Gasteiger partial charge is 0.291 e. The molecule has 160 valence electrons. The van der Waals surface area contributed by atoms with Gasteiger partial charge in [-0.1, -0.05) is 18.2 Å². The summed E-state index contributed by atoms with van der Waals surface area (Å²) in [6, 6.07) is 12.5.